The molecule has 1 atom stereocenters. The zero-order valence-electron chi connectivity index (χ0n) is 14.1. The molecule has 2 aromatic rings. The molecule has 6 nitrogen and oxygen atoms in total. The van der Waals surface area contributed by atoms with E-state index in [0.717, 1.165) is 42.4 Å². The molecule has 2 amide bonds. The van der Waals surface area contributed by atoms with Crippen molar-refractivity contribution in [2.24, 2.45) is 0 Å². The molecule has 3 rings (SSSR count). The van der Waals surface area contributed by atoms with Crippen molar-refractivity contribution in [1.29, 1.82) is 0 Å². The van der Waals surface area contributed by atoms with E-state index in [4.69, 9.17) is 0 Å². The van der Waals surface area contributed by atoms with Crippen LogP contribution in [0.1, 0.15) is 29.2 Å². The van der Waals surface area contributed by atoms with Crippen LogP contribution in [-0.4, -0.2) is 52.0 Å². The van der Waals surface area contributed by atoms with Gasteiger partial charge in [0.25, 0.3) is 0 Å². The standard InChI is InChI=1S/C17H23N5OS/c1-13-16(24-12-20-13)11-19-17(23)22-9-7-21(8-10-22)14(2)15-5-3-4-6-18-15/h3-6,12,14H,7-11H2,1-2H3,(H,19,23). The summed E-state index contributed by atoms with van der Waals surface area (Å²) < 4.78 is 0. The van der Waals surface area contributed by atoms with Gasteiger partial charge in [0.2, 0.25) is 0 Å². The van der Waals surface area contributed by atoms with Crippen molar-refractivity contribution in [3.05, 3.63) is 46.2 Å². The summed E-state index contributed by atoms with van der Waals surface area (Å²) in [7, 11) is 0. The topological polar surface area (TPSA) is 61.4 Å². The van der Waals surface area contributed by atoms with Crippen molar-refractivity contribution >= 4 is 17.4 Å². The van der Waals surface area contributed by atoms with Gasteiger partial charge in [-0.3, -0.25) is 9.88 Å². The predicted molar refractivity (Wildman–Crippen MR) is 94.9 cm³/mol. The minimum atomic E-state index is 0.00735. The molecule has 1 aliphatic rings. The number of pyridine rings is 1. The smallest absolute Gasteiger partial charge is 0.317 e. The maximum atomic E-state index is 12.3. The van der Waals surface area contributed by atoms with Gasteiger partial charge < -0.3 is 10.2 Å². The maximum Gasteiger partial charge on any atom is 0.317 e. The highest BCUT2D eigenvalue weighted by Gasteiger charge is 2.25. The summed E-state index contributed by atoms with van der Waals surface area (Å²) in [4.78, 5) is 26.3. The number of carbonyl (C=O) groups excluding carboxylic acids is 1. The van der Waals surface area contributed by atoms with Crippen molar-refractivity contribution < 1.29 is 4.79 Å². The van der Waals surface area contributed by atoms with Crippen LogP contribution in [0.2, 0.25) is 0 Å². The van der Waals surface area contributed by atoms with Crippen LogP contribution in [0.4, 0.5) is 4.79 Å². The van der Waals surface area contributed by atoms with Gasteiger partial charge in [0, 0.05) is 43.3 Å². The molecule has 1 saturated heterocycles. The summed E-state index contributed by atoms with van der Waals surface area (Å²) in [5, 5.41) is 3.00. The molecule has 3 heterocycles. The molecule has 2 aromatic heterocycles. The number of thiazole rings is 1. The van der Waals surface area contributed by atoms with Crippen LogP contribution in [0.15, 0.2) is 29.9 Å². The van der Waals surface area contributed by atoms with E-state index in [9.17, 15) is 4.79 Å². The zero-order valence-corrected chi connectivity index (χ0v) is 14.9. The van der Waals surface area contributed by atoms with Crippen LogP contribution in [-0.2, 0) is 6.54 Å². The Hall–Kier alpha value is -1.99. The van der Waals surface area contributed by atoms with Crippen LogP contribution in [0.25, 0.3) is 0 Å². The van der Waals surface area contributed by atoms with Gasteiger partial charge in [-0.1, -0.05) is 6.07 Å². The molecule has 1 N–H and O–H groups in total. The molecule has 0 saturated carbocycles. The molecule has 1 fully saturated rings. The number of carbonyl (C=O) groups is 1. The second-order valence-corrected chi connectivity index (χ2v) is 6.91. The van der Waals surface area contributed by atoms with E-state index in [1.807, 2.05) is 35.7 Å². The lowest BCUT2D eigenvalue weighted by Crippen LogP contribution is -2.52. The van der Waals surface area contributed by atoms with Crippen molar-refractivity contribution in [2.45, 2.75) is 26.4 Å². The SMILES string of the molecule is Cc1ncsc1CNC(=O)N1CCN(C(C)c2ccccn2)CC1. The lowest BCUT2D eigenvalue weighted by Gasteiger charge is -2.37. The molecule has 0 aliphatic carbocycles. The van der Waals surface area contributed by atoms with E-state index >= 15 is 0 Å². The number of nitrogens with zero attached hydrogens (tertiary/aromatic N) is 4. The fourth-order valence-electron chi connectivity index (χ4n) is 2.89. The van der Waals surface area contributed by atoms with Gasteiger partial charge in [-0.05, 0) is 26.0 Å². The average Bonchev–Trinajstić information content (AvgIpc) is 3.05. The van der Waals surface area contributed by atoms with Gasteiger partial charge in [0.15, 0.2) is 0 Å². The highest BCUT2D eigenvalue weighted by molar-refractivity contribution is 7.09. The Kier molecular flexibility index (Phi) is 5.42. The molecule has 128 valence electrons. The third-order valence-corrected chi connectivity index (χ3v) is 5.45. The molecule has 0 radical (unpaired) electrons. The van der Waals surface area contributed by atoms with E-state index in [1.165, 1.54) is 0 Å². The van der Waals surface area contributed by atoms with Crippen LogP contribution in [0, 0.1) is 6.92 Å². The molecule has 0 bridgehead atoms. The predicted octanol–water partition coefficient (Wildman–Crippen LogP) is 2.43. The second-order valence-electron chi connectivity index (χ2n) is 5.97. The quantitative estimate of drug-likeness (QED) is 0.924. The van der Waals surface area contributed by atoms with Crippen molar-refractivity contribution in [3.63, 3.8) is 0 Å². The number of hydrogen-bond donors (Lipinski definition) is 1. The third kappa shape index (κ3) is 3.91. The molecule has 0 aromatic carbocycles. The lowest BCUT2D eigenvalue weighted by molar-refractivity contribution is 0.112. The van der Waals surface area contributed by atoms with Gasteiger partial charge >= 0.3 is 6.03 Å². The maximum absolute atomic E-state index is 12.3. The Morgan fingerprint density at radius 1 is 1.29 bits per heavy atom. The number of rotatable bonds is 4. The van der Waals surface area contributed by atoms with Crippen molar-refractivity contribution in [3.8, 4) is 0 Å². The Morgan fingerprint density at radius 3 is 2.71 bits per heavy atom. The second kappa shape index (κ2) is 7.72. The first-order valence-electron chi connectivity index (χ1n) is 8.22. The third-order valence-electron chi connectivity index (χ3n) is 4.51. The minimum absolute atomic E-state index is 0.00735. The summed E-state index contributed by atoms with van der Waals surface area (Å²) >= 11 is 1.58. The fraction of sp³-hybridized carbons (Fsp3) is 0.471. The van der Waals surface area contributed by atoms with Gasteiger partial charge in [-0.2, -0.15) is 0 Å². The van der Waals surface area contributed by atoms with Crippen LogP contribution in [0.3, 0.4) is 0 Å². The van der Waals surface area contributed by atoms with Gasteiger partial charge in [-0.25, -0.2) is 9.78 Å². The number of aryl methyl sites for hydroxylation is 1. The summed E-state index contributed by atoms with van der Waals surface area (Å²) in [6, 6.07) is 6.29. The van der Waals surface area contributed by atoms with Crippen LogP contribution < -0.4 is 5.32 Å². The number of aromatic nitrogens is 2. The number of amides is 2. The summed E-state index contributed by atoms with van der Waals surface area (Å²) in [6.07, 6.45) is 1.83. The average molecular weight is 345 g/mol. The Labute approximate surface area is 146 Å². The van der Waals surface area contributed by atoms with E-state index in [2.05, 4.69) is 33.2 Å². The molecule has 7 heteroatoms. The molecule has 1 unspecified atom stereocenters. The highest BCUT2D eigenvalue weighted by atomic mass is 32.1. The van der Waals surface area contributed by atoms with E-state index in [0.29, 0.717) is 6.54 Å². The molecule has 24 heavy (non-hydrogen) atoms. The summed E-state index contributed by atoms with van der Waals surface area (Å²) in [5.41, 5.74) is 3.89. The largest absolute Gasteiger partial charge is 0.333 e. The van der Waals surface area contributed by atoms with Crippen LogP contribution >= 0.6 is 11.3 Å². The molecule has 0 spiro atoms. The lowest BCUT2D eigenvalue weighted by atomic mass is 10.1. The number of hydrogen-bond acceptors (Lipinski definition) is 5. The summed E-state index contributed by atoms with van der Waals surface area (Å²) in [5.74, 6) is 0. The monoisotopic (exact) mass is 345 g/mol. The van der Waals surface area contributed by atoms with Crippen LogP contribution in [0.5, 0.6) is 0 Å². The van der Waals surface area contributed by atoms with Gasteiger partial charge in [0.05, 0.1) is 23.4 Å². The van der Waals surface area contributed by atoms with E-state index in [1.54, 1.807) is 11.3 Å². The highest BCUT2D eigenvalue weighted by Crippen LogP contribution is 2.19. The molecular weight excluding hydrogens is 322 g/mol. The normalized spacial score (nSPS) is 16.8. The Morgan fingerprint density at radius 2 is 2.08 bits per heavy atom. The molecule has 1 aliphatic heterocycles. The first-order valence-corrected chi connectivity index (χ1v) is 9.10. The Balaban J connectivity index is 1.48. The number of piperazine rings is 1. The summed E-state index contributed by atoms with van der Waals surface area (Å²) in [6.45, 7) is 7.91. The number of urea groups is 1. The fourth-order valence-corrected chi connectivity index (χ4v) is 3.60. The first-order chi connectivity index (χ1) is 11.6. The van der Waals surface area contributed by atoms with E-state index in [-0.39, 0.29) is 12.1 Å². The number of nitrogens with one attached hydrogen (secondary N) is 1. The first kappa shape index (κ1) is 16.9. The van der Waals surface area contributed by atoms with E-state index < -0.39 is 0 Å². The molecular formula is C17H23N5OS. The van der Waals surface area contributed by atoms with Gasteiger partial charge in [-0.15, -0.1) is 11.3 Å². The minimum Gasteiger partial charge on any atom is -0.333 e. The van der Waals surface area contributed by atoms with Crippen molar-refractivity contribution in [2.75, 3.05) is 26.2 Å². The Bertz CT molecular complexity index is 667. The van der Waals surface area contributed by atoms with Gasteiger partial charge in [0.1, 0.15) is 0 Å². The van der Waals surface area contributed by atoms with Crippen molar-refractivity contribution in [1.82, 2.24) is 25.1 Å². The zero-order chi connectivity index (χ0) is 16.9.